The maximum atomic E-state index is 6.02. The predicted octanol–water partition coefficient (Wildman–Crippen LogP) is 4.21. The van der Waals surface area contributed by atoms with Crippen molar-refractivity contribution < 1.29 is 0 Å². The predicted molar refractivity (Wildman–Crippen MR) is 98.8 cm³/mol. The molecule has 0 bridgehead atoms. The Morgan fingerprint density at radius 1 is 1.17 bits per heavy atom. The number of aromatic nitrogens is 1. The van der Waals surface area contributed by atoms with Gasteiger partial charge in [0.1, 0.15) is 21.9 Å². The van der Waals surface area contributed by atoms with Crippen molar-refractivity contribution in [3.05, 3.63) is 35.1 Å². The number of aliphatic imine (C=N–C) groups is 2. The molecule has 0 saturated carbocycles. The third-order valence-corrected chi connectivity index (χ3v) is 6.11. The first kappa shape index (κ1) is 15.2. The highest BCUT2D eigenvalue weighted by Gasteiger charge is 2.40. The van der Waals surface area contributed by atoms with Crippen LogP contribution in [0.5, 0.6) is 0 Å². The number of hydrogen-bond acceptors (Lipinski definition) is 5. The number of piperidine rings is 1. The molecule has 0 spiro atoms. The molecule has 0 radical (unpaired) electrons. The highest BCUT2D eigenvalue weighted by atomic mass is 35.5. The van der Waals surface area contributed by atoms with Crippen molar-refractivity contribution in [1.29, 1.82) is 0 Å². The highest BCUT2D eigenvalue weighted by molar-refractivity contribution is 8.16. The van der Waals surface area contributed by atoms with E-state index in [2.05, 4.69) is 33.9 Å². The van der Waals surface area contributed by atoms with Crippen molar-refractivity contribution in [3.63, 3.8) is 0 Å². The fourth-order valence-corrected chi connectivity index (χ4v) is 4.45. The van der Waals surface area contributed by atoms with Gasteiger partial charge in [-0.1, -0.05) is 23.4 Å². The van der Waals surface area contributed by atoms with Gasteiger partial charge >= 0.3 is 0 Å². The first-order valence-corrected chi connectivity index (χ1v) is 9.27. The Kier molecular flexibility index (Phi) is 3.93. The number of rotatable bonds is 2. The number of fused-ring (bicyclic) bond motifs is 1. The van der Waals surface area contributed by atoms with E-state index in [0.29, 0.717) is 5.16 Å². The number of thioether (sulfide) groups is 1. The molecule has 1 unspecified atom stereocenters. The van der Waals surface area contributed by atoms with E-state index >= 15 is 0 Å². The molecule has 3 aliphatic heterocycles. The van der Waals surface area contributed by atoms with Gasteiger partial charge < -0.3 is 4.90 Å². The van der Waals surface area contributed by atoms with Gasteiger partial charge in [-0.2, -0.15) is 0 Å². The highest BCUT2D eigenvalue weighted by Crippen LogP contribution is 2.43. The maximum absolute atomic E-state index is 6.02. The number of allylic oxidation sites excluding steroid dienone is 1. The molecule has 4 heterocycles. The number of amidine groups is 1. The molecule has 120 valence electrons. The second kappa shape index (κ2) is 5.95. The minimum atomic E-state index is -0.0980. The minimum absolute atomic E-state index is 0.0980. The van der Waals surface area contributed by atoms with Gasteiger partial charge in [-0.25, -0.2) is 15.0 Å². The van der Waals surface area contributed by atoms with Crippen LogP contribution in [0.1, 0.15) is 38.2 Å². The van der Waals surface area contributed by atoms with E-state index in [1.807, 2.05) is 12.3 Å². The summed E-state index contributed by atoms with van der Waals surface area (Å²) < 4.78 is -0.0980. The van der Waals surface area contributed by atoms with E-state index < -0.39 is 0 Å². The molecule has 0 N–H and O–H groups in total. The maximum Gasteiger partial charge on any atom is 0.147 e. The average molecular weight is 347 g/mol. The molecule has 0 aliphatic carbocycles. The van der Waals surface area contributed by atoms with Crippen molar-refractivity contribution >= 4 is 40.1 Å². The standard InChI is InChI=1S/C17H19ClN4S/c1-17-8-7-13(18)20-16(17)21-15(23-17)12-5-6-14(19-11-12)22-9-3-2-4-10-22/h5-7,11H,2-4,8-10H2,1H3. The first-order valence-electron chi connectivity index (χ1n) is 8.08. The summed E-state index contributed by atoms with van der Waals surface area (Å²) in [7, 11) is 0. The number of halogens is 1. The number of anilines is 1. The fraction of sp³-hybridized carbons (Fsp3) is 0.471. The lowest BCUT2D eigenvalue weighted by molar-refractivity contribution is 0.573. The minimum Gasteiger partial charge on any atom is -0.357 e. The van der Waals surface area contributed by atoms with E-state index in [4.69, 9.17) is 16.6 Å². The van der Waals surface area contributed by atoms with Crippen LogP contribution in [0.4, 0.5) is 5.82 Å². The van der Waals surface area contributed by atoms with E-state index in [0.717, 1.165) is 41.8 Å². The lowest BCUT2D eigenvalue weighted by atomic mass is 10.0. The van der Waals surface area contributed by atoms with Crippen molar-refractivity contribution in [1.82, 2.24) is 4.98 Å². The fourth-order valence-electron chi connectivity index (χ4n) is 3.14. The van der Waals surface area contributed by atoms with Crippen LogP contribution in [0.15, 0.2) is 39.5 Å². The molecule has 4 nitrogen and oxygen atoms in total. The largest absolute Gasteiger partial charge is 0.357 e. The summed E-state index contributed by atoms with van der Waals surface area (Å²) in [5.41, 5.74) is 1.06. The molecule has 0 amide bonds. The molecule has 6 heteroatoms. The summed E-state index contributed by atoms with van der Waals surface area (Å²) >= 11 is 7.78. The Bertz CT molecular complexity index is 704. The van der Waals surface area contributed by atoms with Crippen LogP contribution in [-0.4, -0.2) is 33.7 Å². The van der Waals surface area contributed by atoms with Crippen molar-refractivity contribution in [2.75, 3.05) is 18.0 Å². The van der Waals surface area contributed by atoms with Crippen LogP contribution < -0.4 is 4.90 Å². The molecule has 3 aliphatic rings. The van der Waals surface area contributed by atoms with Crippen LogP contribution in [0.2, 0.25) is 0 Å². The molecule has 1 saturated heterocycles. The zero-order valence-corrected chi connectivity index (χ0v) is 14.7. The smallest absolute Gasteiger partial charge is 0.147 e. The third-order valence-electron chi connectivity index (χ3n) is 4.55. The Balaban J connectivity index is 1.56. The van der Waals surface area contributed by atoms with Gasteiger partial charge in [0.25, 0.3) is 0 Å². The monoisotopic (exact) mass is 346 g/mol. The normalized spacial score (nSPS) is 27.2. The Hall–Kier alpha value is -1.33. The Morgan fingerprint density at radius 3 is 2.74 bits per heavy atom. The van der Waals surface area contributed by atoms with Gasteiger partial charge in [-0.3, -0.25) is 0 Å². The van der Waals surface area contributed by atoms with E-state index in [1.54, 1.807) is 11.8 Å². The Morgan fingerprint density at radius 2 is 2.00 bits per heavy atom. The summed E-state index contributed by atoms with van der Waals surface area (Å²) in [6.45, 7) is 4.39. The second-order valence-corrected chi connectivity index (χ2v) is 8.25. The SMILES string of the molecule is CC12CC=C(Cl)N=C1N=C(c1ccc(N3CCCCC3)nc1)S2. The van der Waals surface area contributed by atoms with Gasteiger partial charge in [0.2, 0.25) is 0 Å². The molecule has 1 fully saturated rings. The number of hydrogen-bond donors (Lipinski definition) is 0. The summed E-state index contributed by atoms with van der Waals surface area (Å²) in [4.78, 5) is 16.1. The Labute approximate surface area is 145 Å². The van der Waals surface area contributed by atoms with Crippen LogP contribution in [-0.2, 0) is 0 Å². The lowest BCUT2D eigenvalue weighted by Crippen LogP contribution is -2.30. The molecular formula is C17H19ClN4S. The van der Waals surface area contributed by atoms with E-state index in [9.17, 15) is 0 Å². The topological polar surface area (TPSA) is 40.9 Å². The molecule has 4 rings (SSSR count). The van der Waals surface area contributed by atoms with E-state index in [-0.39, 0.29) is 4.75 Å². The van der Waals surface area contributed by atoms with Gasteiger partial charge in [-0.05, 0) is 50.8 Å². The van der Waals surface area contributed by atoms with Crippen LogP contribution >= 0.6 is 23.4 Å². The van der Waals surface area contributed by atoms with Gasteiger partial charge in [0.15, 0.2) is 0 Å². The van der Waals surface area contributed by atoms with Crippen molar-refractivity contribution in [3.8, 4) is 0 Å². The summed E-state index contributed by atoms with van der Waals surface area (Å²) in [5.74, 6) is 1.90. The quantitative estimate of drug-likeness (QED) is 0.753. The number of pyridine rings is 1. The van der Waals surface area contributed by atoms with Gasteiger partial charge in [-0.15, -0.1) is 0 Å². The molecular weight excluding hydrogens is 328 g/mol. The molecule has 23 heavy (non-hydrogen) atoms. The van der Waals surface area contributed by atoms with Crippen molar-refractivity contribution in [2.45, 2.75) is 37.4 Å². The third kappa shape index (κ3) is 2.92. The van der Waals surface area contributed by atoms with Gasteiger partial charge in [0.05, 0.1) is 4.75 Å². The van der Waals surface area contributed by atoms with Gasteiger partial charge in [0, 0.05) is 24.8 Å². The van der Waals surface area contributed by atoms with Crippen LogP contribution in [0.3, 0.4) is 0 Å². The molecule has 0 aromatic carbocycles. The zero-order chi connectivity index (χ0) is 15.9. The lowest BCUT2D eigenvalue weighted by Gasteiger charge is -2.27. The van der Waals surface area contributed by atoms with Crippen molar-refractivity contribution in [2.24, 2.45) is 9.98 Å². The molecule has 1 aromatic rings. The van der Waals surface area contributed by atoms with Crippen LogP contribution in [0.25, 0.3) is 0 Å². The molecule has 1 aromatic heterocycles. The first-order chi connectivity index (χ1) is 11.1. The summed E-state index contributed by atoms with van der Waals surface area (Å²) in [5, 5.41) is 1.53. The zero-order valence-electron chi connectivity index (χ0n) is 13.1. The van der Waals surface area contributed by atoms with Crippen LogP contribution in [0, 0.1) is 0 Å². The second-order valence-electron chi connectivity index (χ2n) is 6.37. The summed E-state index contributed by atoms with van der Waals surface area (Å²) in [6.07, 6.45) is 8.62. The molecule has 1 atom stereocenters. The summed E-state index contributed by atoms with van der Waals surface area (Å²) in [6, 6.07) is 4.24. The average Bonchev–Trinajstić information content (AvgIpc) is 2.93. The number of nitrogens with zero attached hydrogens (tertiary/aromatic N) is 4. The van der Waals surface area contributed by atoms with E-state index in [1.165, 1.54) is 19.3 Å².